The van der Waals surface area contributed by atoms with Gasteiger partial charge in [-0.05, 0) is 25.1 Å². The standard InChI is InChI=1S/C15H16ClFN4O3/c1-9(20-4-6-21(7-5-20)15(22)23)13-18-14(24-19-13)11-8-10(16)2-3-12(11)17/h2-3,8-9H,4-7H2,1H3,(H,22,23)/t9-/m0/s1. The van der Waals surface area contributed by atoms with E-state index in [0.29, 0.717) is 37.0 Å². The van der Waals surface area contributed by atoms with Crippen LogP contribution in [0.5, 0.6) is 0 Å². The molecule has 1 aromatic heterocycles. The van der Waals surface area contributed by atoms with Gasteiger partial charge in [0.25, 0.3) is 5.89 Å². The van der Waals surface area contributed by atoms with E-state index in [2.05, 4.69) is 15.0 Å². The number of carbonyl (C=O) groups is 1. The summed E-state index contributed by atoms with van der Waals surface area (Å²) in [6, 6.07) is 3.96. The minimum Gasteiger partial charge on any atom is -0.465 e. The van der Waals surface area contributed by atoms with Crippen molar-refractivity contribution < 1.29 is 18.8 Å². The predicted octanol–water partition coefficient (Wildman–Crippen LogP) is 2.89. The van der Waals surface area contributed by atoms with Crippen LogP contribution in [0.25, 0.3) is 11.5 Å². The second-order valence-corrected chi connectivity index (χ2v) is 6.00. The molecule has 2 heterocycles. The van der Waals surface area contributed by atoms with Gasteiger partial charge in [0, 0.05) is 31.2 Å². The third-order valence-electron chi connectivity index (χ3n) is 4.11. The third-order valence-corrected chi connectivity index (χ3v) is 4.34. The van der Waals surface area contributed by atoms with Gasteiger partial charge in [0.1, 0.15) is 5.82 Å². The molecule has 0 spiro atoms. The molecule has 3 rings (SSSR count). The molecule has 7 nitrogen and oxygen atoms in total. The largest absolute Gasteiger partial charge is 0.465 e. The monoisotopic (exact) mass is 354 g/mol. The van der Waals surface area contributed by atoms with E-state index in [9.17, 15) is 9.18 Å². The Morgan fingerprint density at radius 3 is 2.75 bits per heavy atom. The van der Waals surface area contributed by atoms with E-state index in [1.165, 1.54) is 23.1 Å². The Morgan fingerprint density at radius 1 is 1.38 bits per heavy atom. The lowest BCUT2D eigenvalue weighted by Crippen LogP contribution is -2.49. The number of hydrogen-bond donors (Lipinski definition) is 1. The van der Waals surface area contributed by atoms with Crippen LogP contribution in [0.15, 0.2) is 22.7 Å². The van der Waals surface area contributed by atoms with Gasteiger partial charge in [0.05, 0.1) is 11.6 Å². The molecule has 1 aromatic carbocycles. The van der Waals surface area contributed by atoms with Crippen LogP contribution in [0.2, 0.25) is 5.02 Å². The molecule has 24 heavy (non-hydrogen) atoms. The number of nitrogens with zero attached hydrogens (tertiary/aromatic N) is 4. The highest BCUT2D eigenvalue weighted by Gasteiger charge is 2.27. The second-order valence-electron chi connectivity index (χ2n) is 5.56. The van der Waals surface area contributed by atoms with Gasteiger partial charge in [0.15, 0.2) is 5.82 Å². The molecule has 1 aliphatic heterocycles. The van der Waals surface area contributed by atoms with Crippen molar-refractivity contribution in [1.82, 2.24) is 19.9 Å². The van der Waals surface area contributed by atoms with Crippen molar-refractivity contribution in [3.63, 3.8) is 0 Å². The lowest BCUT2D eigenvalue weighted by Gasteiger charge is -2.35. The van der Waals surface area contributed by atoms with E-state index >= 15 is 0 Å². The van der Waals surface area contributed by atoms with Crippen LogP contribution < -0.4 is 0 Å². The van der Waals surface area contributed by atoms with E-state index in [1.807, 2.05) is 6.92 Å². The van der Waals surface area contributed by atoms with Crippen molar-refractivity contribution in [3.05, 3.63) is 34.9 Å². The van der Waals surface area contributed by atoms with E-state index < -0.39 is 11.9 Å². The van der Waals surface area contributed by atoms with E-state index in [1.54, 1.807) is 0 Å². The second kappa shape index (κ2) is 6.74. The lowest BCUT2D eigenvalue weighted by molar-refractivity contribution is 0.0863. The summed E-state index contributed by atoms with van der Waals surface area (Å²) in [6.45, 7) is 3.89. The number of hydrogen-bond acceptors (Lipinski definition) is 5. The van der Waals surface area contributed by atoms with Crippen molar-refractivity contribution in [3.8, 4) is 11.5 Å². The molecule has 1 amide bonds. The van der Waals surface area contributed by atoms with Crippen LogP contribution in [0.1, 0.15) is 18.8 Å². The molecule has 0 aliphatic carbocycles. The summed E-state index contributed by atoms with van der Waals surface area (Å²) >= 11 is 5.88. The van der Waals surface area contributed by atoms with E-state index in [4.69, 9.17) is 21.2 Å². The molecule has 0 unspecified atom stereocenters. The maximum absolute atomic E-state index is 13.9. The van der Waals surface area contributed by atoms with E-state index in [0.717, 1.165) is 0 Å². The van der Waals surface area contributed by atoms with Gasteiger partial charge in [-0.2, -0.15) is 4.98 Å². The van der Waals surface area contributed by atoms with Crippen LogP contribution in [0, 0.1) is 5.82 Å². The Hall–Kier alpha value is -2.19. The molecule has 1 aliphatic rings. The molecule has 0 radical (unpaired) electrons. The molecule has 2 aromatic rings. The molecule has 1 N–H and O–H groups in total. The van der Waals surface area contributed by atoms with Crippen molar-refractivity contribution >= 4 is 17.7 Å². The topological polar surface area (TPSA) is 82.7 Å². The normalized spacial score (nSPS) is 17.0. The van der Waals surface area contributed by atoms with Crippen LogP contribution in [-0.2, 0) is 0 Å². The Kier molecular flexibility index (Phi) is 4.68. The molecule has 0 saturated carbocycles. The van der Waals surface area contributed by atoms with E-state index in [-0.39, 0.29) is 17.5 Å². The average Bonchev–Trinajstić information content (AvgIpc) is 3.06. The summed E-state index contributed by atoms with van der Waals surface area (Å²) in [6.07, 6.45) is -0.916. The highest BCUT2D eigenvalue weighted by atomic mass is 35.5. The lowest BCUT2D eigenvalue weighted by atomic mass is 10.2. The Bertz CT molecular complexity index is 746. The summed E-state index contributed by atoms with van der Waals surface area (Å²) in [4.78, 5) is 18.6. The highest BCUT2D eigenvalue weighted by Crippen LogP contribution is 2.27. The van der Waals surface area contributed by atoms with Crippen molar-refractivity contribution in [1.29, 1.82) is 0 Å². The smallest absolute Gasteiger partial charge is 0.407 e. The molecule has 9 heteroatoms. The third kappa shape index (κ3) is 3.34. The number of benzene rings is 1. The quantitative estimate of drug-likeness (QED) is 0.912. The number of aromatic nitrogens is 2. The zero-order valence-electron chi connectivity index (χ0n) is 12.9. The van der Waals surface area contributed by atoms with Crippen LogP contribution >= 0.6 is 11.6 Å². The first-order valence-corrected chi connectivity index (χ1v) is 7.84. The maximum Gasteiger partial charge on any atom is 0.407 e. The molecule has 0 bridgehead atoms. The minimum absolute atomic E-state index is 0.0704. The molecule has 1 fully saturated rings. The van der Waals surface area contributed by atoms with Gasteiger partial charge >= 0.3 is 6.09 Å². The number of piperazine rings is 1. The fraction of sp³-hybridized carbons (Fsp3) is 0.400. The fourth-order valence-corrected chi connectivity index (χ4v) is 2.81. The summed E-state index contributed by atoms with van der Waals surface area (Å²) in [5, 5.41) is 13.3. The molecule has 128 valence electrons. The predicted molar refractivity (Wildman–Crippen MR) is 84.3 cm³/mol. The Labute approximate surface area is 142 Å². The Balaban J connectivity index is 1.74. The average molecular weight is 355 g/mol. The summed E-state index contributed by atoms with van der Waals surface area (Å²) in [7, 11) is 0. The van der Waals surface area contributed by atoms with Crippen molar-refractivity contribution in [2.75, 3.05) is 26.2 Å². The molecular formula is C15H16ClFN4O3. The maximum atomic E-state index is 13.9. The van der Waals surface area contributed by atoms with Gasteiger partial charge < -0.3 is 14.5 Å². The first-order chi connectivity index (χ1) is 11.5. The summed E-state index contributed by atoms with van der Waals surface area (Å²) in [5.41, 5.74) is 0.157. The van der Waals surface area contributed by atoms with Crippen LogP contribution in [-0.4, -0.2) is 57.3 Å². The number of halogens is 2. The highest BCUT2D eigenvalue weighted by molar-refractivity contribution is 6.30. The van der Waals surface area contributed by atoms with Crippen molar-refractivity contribution in [2.45, 2.75) is 13.0 Å². The number of amides is 1. The molecule has 1 saturated heterocycles. The molecular weight excluding hydrogens is 339 g/mol. The zero-order valence-corrected chi connectivity index (χ0v) is 13.7. The van der Waals surface area contributed by atoms with Gasteiger partial charge in [-0.15, -0.1) is 0 Å². The van der Waals surface area contributed by atoms with Gasteiger partial charge in [-0.3, -0.25) is 4.90 Å². The minimum atomic E-state index is -0.916. The molecule has 1 atom stereocenters. The number of rotatable bonds is 3. The summed E-state index contributed by atoms with van der Waals surface area (Å²) < 4.78 is 19.0. The van der Waals surface area contributed by atoms with Gasteiger partial charge in [-0.25, -0.2) is 9.18 Å². The fourth-order valence-electron chi connectivity index (χ4n) is 2.64. The SMILES string of the molecule is C[C@@H](c1noc(-c2cc(Cl)ccc2F)n1)N1CCN(C(=O)O)CC1. The van der Waals surface area contributed by atoms with Crippen LogP contribution in [0.3, 0.4) is 0 Å². The number of carboxylic acid groups (broad SMARTS) is 1. The van der Waals surface area contributed by atoms with Gasteiger partial charge in [-0.1, -0.05) is 16.8 Å². The van der Waals surface area contributed by atoms with Gasteiger partial charge in [0.2, 0.25) is 0 Å². The summed E-state index contributed by atoms with van der Waals surface area (Å²) in [5.74, 6) is 0.00602. The zero-order chi connectivity index (χ0) is 17.3. The van der Waals surface area contributed by atoms with Crippen molar-refractivity contribution in [2.24, 2.45) is 0 Å². The van der Waals surface area contributed by atoms with Crippen LogP contribution in [0.4, 0.5) is 9.18 Å². The first kappa shape index (κ1) is 16.7. The first-order valence-electron chi connectivity index (χ1n) is 7.46. The Morgan fingerprint density at radius 2 is 2.08 bits per heavy atom.